The minimum Gasteiger partial charge on any atom is -0.496 e. The zero-order valence-corrected chi connectivity index (χ0v) is 17.2. The molecule has 1 atom stereocenters. The van der Waals surface area contributed by atoms with E-state index in [0.29, 0.717) is 32.9 Å². The van der Waals surface area contributed by atoms with Crippen LogP contribution in [0.1, 0.15) is 17.3 Å². The number of H-pyrrole nitrogens is 1. The standard InChI is InChI=1S/C18H15BrClN3O2S/c1-10(16(24)11-3-5-12(19)6-4-11)26-18-21-17(22-23-18)14-9-13(20)7-8-15(14)25-2/h3-10H,1-2H3,(H,21,22,23). The number of carbonyl (C=O) groups excluding carboxylic acids is 1. The zero-order valence-electron chi connectivity index (χ0n) is 14.0. The number of ketones is 1. The summed E-state index contributed by atoms with van der Waals surface area (Å²) in [4.78, 5) is 17.0. The predicted molar refractivity (Wildman–Crippen MR) is 107 cm³/mol. The summed E-state index contributed by atoms with van der Waals surface area (Å²) in [7, 11) is 1.58. The summed E-state index contributed by atoms with van der Waals surface area (Å²) in [6.45, 7) is 1.84. The Balaban J connectivity index is 1.77. The van der Waals surface area contributed by atoms with Crippen LogP contribution in [0.2, 0.25) is 5.02 Å². The van der Waals surface area contributed by atoms with E-state index in [-0.39, 0.29) is 11.0 Å². The number of aromatic amines is 1. The molecule has 0 amide bonds. The monoisotopic (exact) mass is 451 g/mol. The molecule has 0 bridgehead atoms. The Bertz CT molecular complexity index is 930. The Morgan fingerprint density at radius 1 is 1.27 bits per heavy atom. The van der Waals surface area contributed by atoms with E-state index in [1.807, 2.05) is 19.1 Å². The maximum Gasteiger partial charge on any atom is 0.209 e. The number of aromatic nitrogens is 3. The Morgan fingerprint density at radius 3 is 2.69 bits per heavy atom. The fourth-order valence-electron chi connectivity index (χ4n) is 2.35. The third-order valence-corrected chi connectivity index (χ3v) is 5.39. The van der Waals surface area contributed by atoms with Gasteiger partial charge in [0.2, 0.25) is 5.16 Å². The number of halogens is 2. The van der Waals surface area contributed by atoms with Crippen LogP contribution in [-0.4, -0.2) is 33.3 Å². The number of hydrogen-bond acceptors (Lipinski definition) is 5. The number of methoxy groups -OCH3 is 1. The maximum atomic E-state index is 12.5. The third-order valence-electron chi connectivity index (χ3n) is 3.66. The van der Waals surface area contributed by atoms with Crippen LogP contribution in [0.3, 0.4) is 0 Å². The van der Waals surface area contributed by atoms with Gasteiger partial charge >= 0.3 is 0 Å². The van der Waals surface area contributed by atoms with E-state index in [1.165, 1.54) is 11.8 Å². The number of thioether (sulfide) groups is 1. The van der Waals surface area contributed by atoms with Gasteiger partial charge in [-0.05, 0) is 37.3 Å². The highest BCUT2D eigenvalue weighted by atomic mass is 79.9. The summed E-state index contributed by atoms with van der Waals surface area (Å²) in [6, 6.07) is 12.6. The molecule has 26 heavy (non-hydrogen) atoms. The van der Waals surface area contributed by atoms with E-state index in [1.54, 1.807) is 37.4 Å². The van der Waals surface area contributed by atoms with Crippen molar-refractivity contribution in [3.63, 3.8) is 0 Å². The van der Waals surface area contributed by atoms with Gasteiger partial charge in [-0.3, -0.25) is 9.89 Å². The highest BCUT2D eigenvalue weighted by Crippen LogP contribution is 2.32. The van der Waals surface area contributed by atoms with E-state index >= 15 is 0 Å². The molecule has 5 nitrogen and oxygen atoms in total. The quantitative estimate of drug-likeness (QED) is 0.408. The van der Waals surface area contributed by atoms with Gasteiger partial charge in [0.1, 0.15) is 5.75 Å². The molecule has 0 aliphatic carbocycles. The lowest BCUT2D eigenvalue weighted by atomic mass is 10.1. The molecular formula is C18H15BrClN3O2S. The van der Waals surface area contributed by atoms with Crippen molar-refractivity contribution in [2.75, 3.05) is 7.11 Å². The molecule has 2 aromatic carbocycles. The molecule has 1 unspecified atom stereocenters. The molecule has 3 aromatic rings. The fraction of sp³-hybridized carbons (Fsp3) is 0.167. The Labute approximate surface area is 168 Å². The highest BCUT2D eigenvalue weighted by molar-refractivity contribution is 9.10. The van der Waals surface area contributed by atoms with Crippen LogP contribution in [0.4, 0.5) is 0 Å². The number of benzene rings is 2. The lowest BCUT2D eigenvalue weighted by Gasteiger charge is -2.08. The van der Waals surface area contributed by atoms with Crippen molar-refractivity contribution in [1.29, 1.82) is 0 Å². The Kier molecular flexibility index (Phi) is 6.01. The number of nitrogens with one attached hydrogen (secondary N) is 1. The van der Waals surface area contributed by atoms with Crippen LogP contribution in [0.25, 0.3) is 11.4 Å². The van der Waals surface area contributed by atoms with Crippen LogP contribution in [0, 0.1) is 0 Å². The maximum absolute atomic E-state index is 12.5. The molecule has 3 rings (SSSR count). The van der Waals surface area contributed by atoms with Crippen molar-refractivity contribution in [3.8, 4) is 17.1 Å². The second-order valence-electron chi connectivity index (χ2n) is 5.44. The largest absolute Gasteiger partial charge is 0.496 e. The number of carbonyl (C=O) groups is 1. The van der Waals surface area contributed by atoms with Crippen LogP contribution in [-0.2, 0) is 0 Å². The van der Waals surface area contributed by atoms with Gasteiger partial charge in [-0.25, -0.2) is 4.98 Å². The molecule has 0 aliphatic heterocycles. The van der Waals surface area contributed by atoms with Gasteiger partial charge in [0, 0.05) is 15.1 Å². The second kappa shape index (κ2) is 8.24. The molecule has 1 heterocycles. The van der Waals surface area contributed by atoms with Crippen LogP contribution >= 0.6 is 39.3 Å². The highest BCUT2D eigenvalue weighted by Gasteiger charge is 2.20. The topological polar surface area (TPSA) is 67.9 Å². The van der Waals surface area contributed by atoms with Crippen molar-refractivity contribution < 1.29 is 9.53 Å². The smallest absolute Gasteiger partial charge is 0.209 e. The van der Waals surface area contributed by atoms with Crippen molar-refractivity contribution >= 4 is 45.1 Å². The number of ether oxygens (including phenoxy) is 1. The van der Waals surface area contributed by atoms with E-state index < -0.39 is 0 Å². The number of Topliss-reactive ketones (excluding diaryl/α,β-unsaturated/α-hetero) is 1. The van der Waals surface area contributed by atoms with Crippen molar-refractivity contribution in [2.24, 2.45) is 0 Å². The van der Waals surface area contributed by atoms with Gasteiger partial charge in [-0.15, -0.1) is 5.10 Å². The van der Waals surface area contributed by atoms with E-state index in [2.05, 4.69) is 31.1 Å². The first-order valence-electron chi connectivity index (χ1n) is 7.70. The summed E-state index contributed by atoms with van der Waals surface area (Å²) < 4.78 is 6.27. The van der Waals surface area contributed by atoms with Gasteiger partial charge in [0.15, 0.2) is 11.6 Å². The SMILES string of the molecule is COc1ccc(Cl)cc1-c1nc(SC(C)C(=O)c2ccc(Br)cc2)n[nH]1. The molecule has 134 valence electrons. The van der Waals surface area contributed by atoms with Gasteiger partial charge in [0.25, 0.3) is 0 Å². The second-order valence-corrected chi connectivity index (χ2v) is 8.10. The summed E-state index contributed by atoms with van der Waals surface area (Å²) in [5, 5.41) is 7.82. The number of rotatable bonds is 6. The van der Waals surface area contributed by atoms with Gasteiger partial charge in [-0.1, -0.05) is 51.4 Å². The minimum absolute atomic E-state index is 0.0224. The summed E-state index contributed by atoms with van der Waals surface area (Å²) >= 11 is 10.7. The molecule has 0 spiro atoms. The first kappa shape index (κ1) is 18.9. The molecule has 0 aliphatic rings. The summed E-state index contributed by atoms with van der Waals surface area (Å²) in [5.74, 6) is 1.20. The number of nitrogens with zero attached hydrogens (tertiary/aromatic N) is 2. The first-order valence-corrected chi connectivity index (χ1v) is 9.75. The lowest BCUT2D eigenvalue weighted by Crippen LogP contribution is -2.13. The Hall–Kier alpha value is -1.83. The van der Waals surface area contributed by atoms with Gasteiger partial charge in [-0.2, -0.15) is 0 Å². The average Bonchev–Trinajstić information content (AvgIpc) is 3.10. The fourth-order valence-corrected chi connectivity index (χ4v) is 3.58. The van der Waals surface area contributed by atoms with E-state index in [4.69, 9.17) is 16.3 Å². The van der Waals surface area contributed by atoms with Crippen LogP contribution in [0.5, 0.6) is 5.75 Å². The van der Waals surface area contributed by atoms with Crippen molar-refractivity contribution in [1.82, 2.24) is 15.2 Å². The third kappa shape index (κ3) is 4.28. The van der Waals surface area contributed by atoms with Gasteiger partial charge in [0.05, 0.1) is 17.9 Å². The molecule has 1 aromatic heterocycles. The van der Waals surface area contributed by atoms with Crippen LogP contribution in [0.15, 0.2) is 52.1 Å². The van der Waals surface area contributed by atoms with E-state index in [0.717, 1.165) is 4.47 Å². The van der Waals surface area contributed by atoms with Crippen molar-refractivity contribution in [3.05, 3.63) is 57.5 Å². The van der Waals surface area contributed by atoms with Crippen molar-refractivity contribution in [2.45, 2.75) is 17.3 Å². The molecule has 0 fully saturated rings. The molecule has 0 saturated heterocycles. The predicted octanol–water partition coefficient (Wildman–Crippen LogP) is 5.26. The normalized spacial score (nSPS) is 12.0. The average molecular weight is 453 g/mol. The summed E-state index contributed by atoms with van der Waals surface area (Å²) in [5.41, 5.74) is 1.37. The molecular weight excluding hydrogens is 438 g/mol. The molecule has 1 N–H and O–H groups in total. The van der Waals surface area contributed by atoms with E-state index in [9.17, 15) is 4.79 Å². The molecule has 8 heteroatoms. The van der Waals surface area contributed by atoms with Gasteiger partial charge < -0.3 is 4.74 Å². The molecule has 0 radical (unpaired) electrons. The Morgan fingerprint density at radius 2 is 2.00 bits per heavy atom. The summed E-state index contributed by atoms with van der Waals surface area (Å²) in [6.07, 6.45) is 0. The number of hydrogen-bond donors (Lipinski definition) is 1. The minimum atomic E-state index is -0.318. The zero-order chi connectivity index (χ0) is 18.7. The van der Waals surface area contributed by atoms with Crippen LogP contribution < -0.4 is 4.74 Å². The first-order chi connectivity index (χ1) is 12.5. The molecule has 0 saturated carbocycles. The lowest BCUT2D eigenvalue weighted by molar-refractivity contribution is 0.0994.